The third-order valence-electron chi connectivity index (χ3n) is 2.69. The first-order chi connectivity index (χ1) is 8.40. The summed E-state index contributed by atoms with van der Waals surface area (Å²) in [5.74, 6) is -0.991. The van der Waals surface area contributed by atoms with Crippen LogP contribution < -0.4 is 0 Å². The quantitative estimate of drug-likeness (QED) is 0.852. The van der Waals surface area contributed by atoms with E-state index in [1.807, 2.05) is 13.8 Å². The highest BCUT2D eigenvalue weighted by Crippen LogP contribution is 2.12. The van der Waals surface area contributed by atoms with Crippen LogP contribution >= 0.6 is 0 Å². The number of halogens is 2. The van der Waals surface area contributed by atoms with Gasteiger partial charge in [-0.3, -0.25) is 4.90 Å². The molecule has 0 radical (unpaired) electrons. The molecule has 0 spiro atoms. The zero-order valence-electron chi connectivity index (χ0n) is 10.4. The van der Waals surface area contributed by atoms with E-state index in [-0.39, 0.29) is 18.2 Å². The normalized spacial score (nSPS) is 11.5. The van der Waals surface area contributed by atoms with Crippen molar-refractivity contribution in [3.8, 4) is 0 Å². The summed E-state index contributed by atoms with van der Waals surface area (Å²) in [6.07, 6.45) is -2.37. The summed E-state index contributed by atoms with van der Waals surface area (Å²) < 4.78 is 24.8. The van der Waals surface area contributed by atoms with Gasteiger partial charge in [0.2, 0.25) is 0 Å². The molecule has 100 valence electrons. The standard InChI is InChI=1S/C13H17F2NO2/c1-9(2)16(8-12(14)15)7-10-3-5-11(6-4-10)13(17)18/h3-6,9,12H,7-8H2,1-2H3,(H,17,18). The lowest BCUT2D eigenvalue weighted by Crippen LogP contribution is -2.34. The molecule has 0 bridgehead atoms. The second kappa shape index (κ2) is 6.44. The lowest BCUT2D eigenvalue weighted by molar-refractivity contribution is 0.0689. The largest absolute Gasteiger partial charge is 0.478 e. The van der Waals surface area contributed by atoms with Gasteiger partial charge in [0.05, 0.1) is 12.1 Å². The summed E-state index contributed by atoms with van der Waals surface area (Å²) in [6, 6.07) is 6.30. The van der Waals surface area contributed by atoms with Gasteiger partial charge in [-0.15, -0.1) is 0 Å². The molecular weight excluding hydrogens is 240 g/mol. The van der Waals surface area contributed by atoms with E-state index in [9.17, 15) is 13.6 Å². The topological polar surface area (TPSA) is 40.5 Å². The van der Waals surface area contributed by atoms with Gasteiger partial charge in [-0.1, -0.05) is 12.1 Å². The van der Waals surface area contributed by atoms with Gasteiger partial charge in [-0.2, -0.15) is 0 Å². The molecule has 0 aliphatic heterocycles. The Bertz CT molecular complexity index is 390. The van der Waals surface area contributed by atoms with Gasteiger partial charge in [0.1, 0.15) is 0 Å². The molecule has 1 aromatic carbocycles. The minimum atomic E-state index is -2.37. The van der Waals surface area contributed by atoms with Crippen LogP contribution in [-0.2, 0) is 6.54 Å². The molecule has 3 nitrogen and oxygen atoms in total. The number of carboxylic acid groups (broad SMARTS) is 1. The molecule has 0 unspecified atom stereocenters. The van der Waals surface area contributed by atoms with Gasteiger partial charge < -0.3 is 5.11 Å². The van der Waals surface area contributed by atoms with E-state index in [0.717, 1.165) is 5.56 Å². The van der Waals surface area contributed by atoms with Crippen LogP contribution in [0.5, 0.6) is 0 Å². The maximum Gasteiger partial charge on any atom is 0.335 e. The van der Waals surface area contributed by atoms with Crippen LogP contribution in [0.25, 0.3) is 0 Å². The average molecular weight is 257 g/mol. The van der Waals surface area contributed by atoms with Crippen molar-refractivity contribution in [1.82, 2.24) is 4.90 Å². The molecule has 0 saturated carbocycles. The third-order valence-corrected chi connectivity index (χ3v) is 2.69. The Morgan fingerprint density at radius 3 is 2.22 bits per heavy atom. The molecule has 0 amide bonds. The zero-order valence-corrected chi connectivity index (χ0v) is 10.4. The van der Waals surface area contributed by atoms with Crippen LogP contribution in [0.2, 0.25) is 0 Å². The fourth-order valence-electron chi connectivity index (χ4n) is 1.62. The van der Waals surface area contributed by atoms with Gasteiger partial charge in [0.25, 0.3) is 6.43 Å². The van der Waals surface area contributed by atoms with Crippen molar-refractivity contribution in [1.29, 1.82) is 0 Å². The van der Waals surface area contributed by atoms with E-state index in [2.05, 4.69) is 0 Å². The van der Waals surface area contributed by atoms with Gasteiger partial charge in [0, 0.05) is 12.6 Å². The van der Waals surface area contributed by atoms with Gasteiger partial charge in [-0.25, -0.2) is 13.6 Å². The molecule has 0 aliphatic rings. The van der Waals surface area contributed by atoms with Gasteiger partial charge >= 0.3 is 5.97 Å². The number of alkyl halides is 2. The lowest BCUT2D eigenvalue weighted by Gasteiger charge is -2.26. The maximum atomic E-state index is 12.4. The molecule has 0 aromatic heterocycles. The highest BCUT2D eigenvalue weighted by molar-refractivity contribution is 5.87. The Labute approximate surface area is 105 Å². The van der Waals surface area contributed by atoms with E-state index >= 15 is 0 Å². The summed E-state index contributed by atoms with van der Waals surface area (Å²) in [4.78, 5) is 12.3. The number of hydrogen-bond acceptors (Lipinski definition) is 2. The van der Waals surface area contributed by atoms with Crippen LogP contribution in [-0.4, -0.2) is 35.0 Å². The van der Waals surface area contributed by atoms with Crippen LogP contribution in [0.4, 0.5) is 8.78 Å². The smallest absolute Gasteiger partial charge is 0.335 e. The van der Waals surface area contributed by atoms with Crippen LogP contribution in [0.15, 0.2) is 24.3 Å². The number of hydrogen-bond donors (Lipinski definition) is 1. The van der Waals surface area contributed by atoms with Crippen molar-refractivity contribution in [3.05, 3.63) is 35.4 Å². The number of rotatable bonds is 6. The van der Waals surface area contributed by atoms with Crippen molar-refractivity contribution in [2.45, 2.75) is 32.9 Å². The molecule has 1 aromatic rings. The first kappa shape index (κ1) is 14.6. The third kappa shape index (κ3) is 4.41. The van der Waals surface area contributed by atoms with Crippen molar-refractivity contribution < 1.29 is 18.7 Å². The van der Waals surface area contributed by atoms with Crippen molar-refractivity contribution in [2.75, 3.05) is 6.54 Å². The van der Waals surface area contributed by atoms with Crippen molar-refractivity contribution in [3.63, 3.8) is 0 Å². The van der Waals surface area contributed by atoms with Crippen molar-refractivity contribution in [2.24, 2.45) is 0 Å². The number of aromatic carboxylic acids is 1. The summed E-state index contributed by atoms with van der Waals surface area (Å²) in [5.41, 5.74) is 1.03. The maximum absolute atomic E-state index is 12.4. The number of carbonyl (C=O) groups is 1. The summed E-state index contributed by atoms with van der Waals surface area (Å²) in [6.45, 7) is 3.82. The van der Waals surface area contributed by atoms with E-state index in [4.69, 9.17) is 5.11 Å². The average Bonchev–Trinajstić information content (AvgIpc) is 2.28. The molecule has 0 heterocycles. The number of nitrogens with zero attached hydrogens (tertiary/aromatic N) is 1. The number of benzene rings is 1. The molecule has 0 saturated heterocycles. The predicted octanol–water partition coefficient (Wildman–Crippen LogP) is 2.86. The van der Waals surface area contributed by atoms with Crippen LogP contribution in [0.3, 0.4) is 0 Å². The second-order valence-corrected chi connectivity index (χ2v) is 4.42. The minimum absolute atomic E-state index is 0.0122. The molecular formula is C13H17F2NO2. The second-order valence-electron chi connectivity index (χ2n) is 4.42. The Morgan fingerprint density at radius 2 is 1.83 bits per heavy atom. The lowest BCUT2D eigenvalue weighted by atomic mass is 10.1. The molecule has 1 rings (SSSR count). The Morgan fingerprint density at radius 1 is 1.28 bits per heavy atom. The Kier molecular flexibility index (Phi) is 5.22. The zero-order chi connectivity index (χ0) is 13.7. The van der Waals surface area contributed by atoms with Gasteiger partial charge in [-0.05, 0) is 31.5 Å². The molecule has 18 heavy (non-hydrogen) atoms. The fraction of sp³-hybridized carbons (Fsp3) is 0.462. The van der Waals surface area contributed by atoms with Crippen LogP contribution in [0, 0.1) is 0 Å². The first-order valence-electron chi connectivity index (χ1n) is 5.74. The molecule has 5 heteroatoms. The number of carboxylic acids is 1. The van der Waals surface area contributed by atoms with E-state index in [1.54, 1.807) is 17.0 Å². The highest BCUT2D eigenvalue weighted by atomic mass is 19.3. The monoisotopic (exact) mass is 257 g/mol. The summed E-state index contributed by atoms with van der Waals surface area (Å²) in [7, 11) is 0. The molecule has 0 fully saturated rings. The molecule has 0 atom stereocenters. The van der Waals surface area contributed by atoms with Crippen molar-refractivity contribution >= 4 is 5.97 Å². The predicted molar refractivity (Wildman–Crippen MR) is 65.0 cm³/mol. The van der Waals surface area contributed by atoms with E-state index in [0.29, 0.717) is 6.54 Å². The molecule has 0 aliphatic carbocycles. The van der Waals surface area contributed by atoms with Crippen LogP contribution in [0.1, 0.15) is 29.8 Å². The summed E-state index contributed by atoms with van der Waals surface area (Å²) >= 11 is 0. The van der Waals surface area contributed by atoms with E-state index in [1.165, 1.54) is 12.1 Å². The molecule has 1 N–H and O–H groups in total. The van der Waals surface area contributed by atoms with E-state index < -0.39 is 12.4 Å². The minimum Gasteiger partial charge on any atom is -0.478 e. The fourth-order valence-corrected chi connectivity index (χ4v) is 1.62. The Balaban J connectivity index is 2.72. The summed E-state index contributed by atoms with van der Waals surface area (Å²) in [5, 5.41) is 8.76. The first-order valence-corrected chi connectivity index (χ1v) is 5.74. The highest BCUT2D eigenvalue weighted by Gasteiger charge is 2.15. The van der Waals surface area contributed by atoms with Gasteiger partial charge in [0.15, 0.2) is 0 Å². The SMILES string of the molecule is CC(C)N(Cc1ccc(C(=O)O)cc1)CC(F)F. The Hall–Kier alpha value is -1.49.